The Balaban J connectivity index is 1.47. The fourth-order valence-corrected chi connectivity index (χ4v) is 2.92. The van der Waals surface area contributed by atoms with Crippen LogP contribution in [0, 0.1) is 0 Å². The molecule has 2 aliphatic heterocycles. The monoisotopic (exact) mass is 381 g/mol. The van der Waals surface area contributed by atoms with Crippen molar-refractivity contribution < 1.29 is 22.7 Å². The molecule has 1 aromatic carbocycles. The molecule has 2 aliphatic rings. The third kappa shape index (κ3) is 4.48. The third-order valence-corrected chi connectivity index (χ3v) is 4.90. The lowest BCUT2D eigenvalue weighted by molar-refractivity contribution is -0.234. The fraction of sp³-hybridized carbons (Fsp3) is 0.526. The maximum Gasteiger partial charge on any atom is 0.427 e. The lowest BCUT2D eigenvalue weighted by Gasteiger charge is -2.40. The van der Waals surface area contributed by atoms with Crippen molar-refractivity contribution in [2.24, 2.45) is 10.2 Å². The number of amides is 1. The Kier molecular flexibility index (Phi) is 5.26. The van der Waals surface area contributed by atoms with E-state index in [2.05, 4.69) is 10.2 Å². The number of alkyl halides is 3. The lowest BCUT2D eigenvalue weighted by Crippen LogP contribution is -2.48. The SMILES string of the molecule is CC(C)(Oc1ccc(C2CN(C(=O)CCC3=CN=NC3)C2)cc1)C(F)(F)F. The van der Waals surface area contributed by atoms with E-state index in [0.29, 0.717) is 32.5 Å². The van der Waals surface area contributed by atoms with E-state index in [1.54, 1.807) is 35.4 Å². The van der Waals surface area contributed by atoms with Crippen molar-refractivity contribution in [3.05, 3.63) is 41.6 Å². The number of likely N-dealkylation sites (tertiary alicyclic amines) is 1. The zero-order valence-electron chi connectivity index (χ0n) is 15.3. The first-order valence-electron chi connectivity index (χ1n) is 8.84. The standard InChI is InChI=1S/C19H22F3N3O2/c1-18(2,19(20,21)22)27-16-6-4-14(5-7-16)15-11-25(12-15)17(26)8-3-13-9-23-24-10-13/h4-7,9,15H,3,8,10-12H2,1-2H3. The van der Waals surface area contributed by atoms with Crippen LogP contribution in [0.5, 0.6) is 5.75 Å². The van der Waals surface area contributed by atoms with Crippen molar-refractivity contribution in [1.29, 1.82) is 0 Å². The summed E-state index contributed by atoms with van der Waals surface area (Å²) in [4.78, 5) is 14.0. The molecule has 0 atom stereocenters. The molecular weight excluding hydrogens is 359 g/mol. The molecule has 5 nitrogen and oxygen atoms in total. The second-order valence-electron chi connectivity index (χ2n) is 7.38. The number of hydrogen-bond donors (Lipinski definition) is 0. The van der Waals surface area contributed by atoms with Gasteiger partial charge < -0.3 is 9.64 Å². The van der Waals surface area contributed by atoms with E-state index in [-0.39, 0.29) is 17.6 Å². The van der Waals surface area contributed by atoms with Gasteiger partial charge in [-0.25, -0.2) is 0 Å². The van der Waals surface area contributed by atoms with E-state index >= 15 is 0 Å². The van der Waals surface area contributed by atoms with Crippen LogP contribution in [0.1, 0.15) is 38.2 Å². The maximum absolute atomic E-state index is 12.9. The number of azo groups is 1. The van der Waals surface area contributed by atoms with Crippen LogP contribution in [0.3, 0.4) is 0 Å². The van der Waals surface area contributed by atoms with Crippen molar-refractivity contribution in [3.63, 3.8) is 0 Å². The van der Waals surface area contributed by atoms with Crippen LogP contribution in [0.25, 0.3) is 0 Å². The summed E-state index contributed by atoms with van der Waals surface area (Å²) >= 11 is 0. The van der Waals surface area contributed by atoms with Crippen molar-refractivity contribution in [2.45, 2.75) is 44.4 Å². The van der Waals surface area contributed by atoms with Crippen LogP contribution < -0.4 is 4.74 Å². The maximum atomic E-state index is 12.9. The highest BCUT2D eigenvalue weighted by atomic mass is 19.4. The number of benzene rings is 1. The van der Waals surface area contributed by atoms with E-state index in [9.17, 15) is 18.0 Å². The summed E-state index contributed by atoms with van der Waals surface area (Å²) in [5, 5.41) is 7.63. The average molecular weight is 381 g/mol. The van der Waals surface area contributed by atoms with Crippen LogP contribution in [0.2, 0.25) is 0 Å². The van der Waals surface area contributed by atoms with Crippen LogP contribution in [0.4, 0.5) is 13.2 Å². The molecule has 8 heteroatoms. The fourth-order valence-electron chi connectivity index (χ4n) is 2.92. The first-order chi connectivity index (χ1) is 12.7. The van der Waals surface area contributed by atoms with Gasteiger partial charge in [0.1, 0.15) is 5.75 Å². The highest BCUT2D eigenvalue weighted by molar-refractivity contribution is 5.77. The molecule has 0 bridgehead atoms. The van der Waals surface area contributed by atoms with Crippen molar-refractivity contribution in [2.75, 3.05) is 19.6 Å². The molecular formula is C19H22F3N3O2. The zero-order valence-corrected chi connectivity index (χ0v) is 15.3. The molecule has 1 fully saturated rings. The largest absolute Gasteiger partial charge is 0.478 e. The molecule has 3 rings (SSSR count). The number of carbonyl (C=O) groups is 1. The third-order valence-electron chi connectivity index (χ3n) is 4.90. The van der Waals surface area contributed by atoms with Crippen molar-refractivity contribution >= 4 is 5.91 Å². The number of rotatable bonds is 6. The Morgan fingerprint density at radius 3 is 2.44 bits per heavy atom. The van der Waals surface area contributed by atoms with E-state index < -0.39 is 11.8 Å². The van der Waals surface area contributed by atoms with Gasteiger partial charge in [-0.2, -0.15) is 23.4 Å². The Labute approximate surface area is 155 Å². The van der Waals surface area contributed by atoms with Gasteiger partial charge in [0, 0.05) is 25.4 Å². The van der Waals surface area contributed by atoms with Gasteiger partial charge >= 0.3 is 6.18 Å². The van der Waals surface area contributed by atoms with Crippen LogP contribution in [-0.4, -0.2) is 42.2 Å². The summed E-state index contributed by atoms with van der Waals surface area (Å²) in [6.07, 6.45) is -1.62. The molecule has 2 heterocycles. The predicted octanol–water partition coefficient (Wildman–Crippen LogP) is 4.46. The molecule has 0 saturated carbocycles. The second kappa shape index (κ2) is 7.32. The van der Waals surface area contributed by atoms with Gasteiger partial charge in [0.2, 0.25) is 5.91 Å². The number of halogens is 3. The number of hydrogen-bond acceptors (Lipinski definition) is 4. The molecule has 0 spiro atoms. The van der Waals surface area contributed by atoms with Gasteiger partial charge in [0.05, 0.1) is 12.7 Å². The summed E-state index contributed by atoms with van der Waals surface area (Å²) in [5.74, 6) is 0.481. The molecule has 0 radical (unpaired) electrons. The van der Waals surface area contributed by atoms with E-state index in [0.717, 1.165) is 25.0 Å². The van der Waals surface area contributed by atoms with Gasteiger partial charge in [0.25, 0.3) is 0 Å². The molecule has 27 heavy (non-hydrogen) atoms. The number of ether oxygens (including phenoxy) is 1. The summed E-state index contributed by atoms with van der Waals surface area (Å²) < 4.78 is 43.8. The minimum absolute atomic E-state index is 0.103. The Hall–Kier alpha value is -2.38. The summed E-state index contributed by atoms with van der Waals surface area (Å²) in [6, 6.07) is 6.63. The van der Waals surface area contributed by atoms with E-state index in [1.165, 1.54) is 0 Å². The Bertz CT molecular complexity index is 748. The quantitative estimate of drug-likeness (QED) is 0.730. The van der Waals surface area contributed by atoms with Gasteiger partial charge in [-0.1, -0.05) is 12.1 Å². The molecule has 1 saturated heterocycles. The Morgan fingerprint density at radius 2 is 1.89 bits per heavy atom. The highest BCUT2D eigenvalue weighted by Crippen LogP contribution is 2.35. The normalized spacial score (nSPS) is 17.7. The molecule has 1 aromatic rings. The molecule has 1 amide bonds. The molecule has 0 aromatic heterocycles. The topological polar surface area (TPSA) is 54.3 Å². The van der Waals surface area contributed by atoms with E-state index in [4.69, 9.17) is 4.74 Å². The smallest absolute Gasteiger partial charge is 0.427 e. The predicted molar refractivity (Wildman–Crippen MR) is 93.6 cm³/mol. The van der Waals surface area contributed by atoms with E-state index in [1.807, 2.05) is 0 Å². The van der Waals surface area contributed by atoms with Crippen molar-refractivity contribution in [3.8, 4) is 5.75 Å². The Morgan fingerprint density at radius 1 is 1.22 bits per heavy atom. The minimum atomic E-state index is -4.45. The summed E-state index contributed by atoms with van der Waals surface area (Å²) in [6.45, 7) is 3.83. The highest BCUT2D eigenvalue weighted by Gasteiger charge is 2.49. The first kappa shape index (κ1) is 19.4. The van der Waals surface area contributed by atoms with Crippen LogP contribution in [-0.2, 0) is 4.79 Å². The average Bonchev–Trinajstić information content (AvgIpc) is 3.05. The van der Waals surface area contributed by atoms with Crippen LogP contribution >= 0.6 is 0 Å². The molecule has 0 N–H and O–H groups in total. The van der Waals surface area contributed by atoms with Gasteiger partial charge in [-0.15, -0.1) is 0 Å². The number of carbonyl (C=O) groups excluding carboxylic acids is 1. The number of nitrogens with zero attached hydrogens (tertiary/aromatic N) is 3. The summed E-state index contributed by atoms with van der Waals surface area (Å²) in [5.41, 5.74) is -0.186. The van der Waals surface area contributed by atoms with Gasteiger partial charge in [-0.3, -0.25) is 4.79 Å². The molecule has 146 valence electrons. The second-order valence-corrected chi connectivity index (χ2v) is 7.38. The van der Waals surface area contributed by atoms with Crippen LogP contribution in [0.15, 0.2) is 46.3 Å². The summed E-state index contributed by atoms with van der Waals surface area (Å²) in [7, 11) is 0. The molecule has 0 aliphatic carbocycles. The van der Waals surface area contributed by atoms with Crippen molar-refractivity contribution in [1.82, 2.24) is 4.90 Å². The van der Waals surface area contributed by atoms with Gasteiger partial charge in [-0.05, 0) is 43.5 Å². The van der Waals surface area contributed by atoms with Gasteiger partial charge in [0.15, 0.2) is 5.60 Å². The molecule has 0 unspecified atom stereocenters. The minimum Gasteiger partial charge on any atom is -0.478 e. The zero-order chi connectivity index (χ0) is 19.7. The lowest BCUT2D eigenvalue weighted by atomic mass is 9.91. The first-order valence-corrected chi connectivity index (χ1v) is 8.84.